The molecular formula is C26H38N4O5. The first-order chi connectivity index (χ1) is 17.0. The summed E-state index contributed by atoms with van der Waals surface area (Å²) < 4.78 is 10.6. The Balaban J connectivity index is 1.21. The van der Waals surface area contributed by atoms with Gasteiger partial charge in [-0.1, -0.05) is 12.5 Å². The minimum absolute atomic E-state index is 0.0521. The smallest absolute Gasteiger partial charge is 0.324 e. The zero-order valence-electron chi connectivity index (χ0n) is 20.9. The first-order valence-corrected chi connectivity index (χ1v) is 12.8. The monoisotopic (exact) mass is 486 g/mol. The van der Waals surface area contributed by atoms with Crippen LogP contribution in [0.3, 0.4) is 0 Å². The summed E-state index contributed by atoms with van der Waals surface area (Å²) in [6, 6.07) is 5.08. The molecule has 0 aliphatic carbocycles. The molecule has 1 aromatic rings. The van der Waals surface area contributed by atoms with Crippen molar-refractivity contribution in [2.45, 2.75) is 63.5 Å². The van der Waals surface area contributed by atoms with Crippen molar-refractivity contribution in [3.05, 3.63) is 23.8 Å². The number of ether oxygens (including phenoxy) is 2. The highest BCUT2D eigenvalue weighted by Gasteiger charge is 2.38. The summed E-state index contributed by atoms with van der Waals surface area (Å²) in [4.78, 5) is 41.5. The summed E-state index contributed by atoms with van der Waals surface area (Å²) in [5.41, 5.74) is 0.935. The summed E-state index contributed by atoms with van der Waals surface area (Å²) >= 11 is 0. The van der Waals surface area contributed by atoms with Gasteiger partial charge in [-0.05, 0) is 75.2 Å². The Labute approximate surface area is 207 Å². The maximum absolute atomic E-state index is 12.8. The highest BCUT2D eigenvalue weighted by Crippen LogP contribution is 2.30. The number of amides is 4. The van der Waals surface area contributed by atoms with Crippen molar-refractivity contribution in [2.75, 3.05) is 40.4 Å². The van der Waals surface area contributed by atoms with Gasteiger partial charge in [0.2, 0.25) is 5.91 Å². The van der Waals surface area contributed by atoms with E-state index in [4.69, 9.17) is 9.47 Å². The molecule has 0 bridgehead atoms. The fourth-order valence-corrected chi connectivity index (χ4v) is 5.69. The maximum atomic E-state index is 12.8. The van der Waals surface area contributed by atoms with Crippen LogP contribution >= 0.6 is 0 Å². The second-order valence-corrected chi connectivity index (χ2v) is 9.78. The minimum atomic E-state index is -0.651. The molecule has 9 nitrogen and oxygen atoms in total. The Hall–Kier alpha value is -2.81. The lowest BCUT2D eigenvalue weighted by Crippen LogP contribution is -2.51. The van der Waals surface area contributed by atoms with Crippen LogP contribution in [0.5, 0.6) is 11.5 Å². The van der Waals surface area contributed by atoms with E-state index >= 15 is 0 Å². The molecule has 9 heteroatoms. The Bertz CT molecular complexity index is 921. The van der Waals surface area contributed by atoms with E-state index in [9.17, 15) is 14.4 Å². The molecule has 0 spiro atoms. The number of rotatable bonds is 10. The highest BCUT2D eigenvalue weighted by atomic mass is 16.5. The van der Waals surface area contributed by atoms with Gasteiger partial charge in [-0.3, -0.25) is 14.5 Å². The summed E-state index contributed by atoms with van der Waals surface area (Å²) in [6.45, 7) is 3.33. The summed E-state index contributed by atoms with van der Waals surface area (Å²) in [5, 5.41) is 5.82. The van der Waals surface area contributed by atoms with E-state index in [1.165, 1.54) is 43.7 Å². The molecule has 0 aromatic heterocycles. The molecular weight excluding hydrogens is 448 g/mol. The summed E-state index contributed by atoms with van der Waals surface area (Å²) in [6.07, 6.45) is 7.17. The number of carbonyl (C=O) groups is 3. The van der Waals surface area contributed by atoms with Crippen molar-refractivity contribution in [3.63, 3.8) is 0 Å². The van der Waals surface area contributed by atoms with Crippen LogP contribution in [0.4, 0.5) is 4.79 Å². The number of carbonyl (C=O) groups excluding carboxylic acids is 3. The molecule has 3 aliphatic rings. The second-order valence-electron chi connectivity index (χ2n) is 9.78. The van der Waals surface area contributed by atoms with Crippen LogP contribution in [0.2, 0.25) is 0 Å². The Morgan fingerprint density at radius 2 is 1.89 bits per heavy atom. The Kier molecular flexibility index (Phi) is 8.49. The number of methoxy groups -OCH3 is 2. The van der Waals surface area contributed by atoms with Crippen LogP contribution in [-0.4, -0.2) is 80.1 Å². The van der Waals surface area contributed by atoms with Gasteiger partial charge in [0, 0.05) is 25.6 Å². The van der Waals surface area contributed by atoms with Gasteiger partial charge in [-0.25, -0.2) is 4.79 Å². The molecule has 3 heterocycles. The molecule has 3 fully saturated rings. The quantitative estimate of drug-likeness (QED) is 0.493. The number of nitrogens with one attached hydrogen (secondary N) is 2. The number of nitrogens with zero attached hydrogens (tertiary/aromatic N) is 2. The Morgan fingerprint density at radius 1 is 1.09 bits per heavy atom. The summed E-state index contributed by atoms with van der Waals surface area (Å²) in [7, 11) is 3.14. The number of urea groups is 1. The third-order valence-corrected chi connectivity index (χ3v) is 7.63. The number of hydrogen-bond donors (Lipinski definition) is 2. The van der Waals surface area contributed by atoms with E-state index in [0.717, 1.165) is 12.0 Å². The van der Waals surface area contributed by atoms with Crippen molar-refractivity contribution in [3.8, 4) is 11.5 Å². The van der Waals surface area contributed by atoms with Gasteiger partial charge in [0.1, 0.15) is 6.04 Å². The van der Waals surface area contributed by atoms with E-state index in [-0.39, 0.29) is 24.8 Å². The van der Waals surface area contributed by atoms with E-state index in [1.54, 1.807) is 20.3 Å². The zero-order chi connectivity index (χ0) is 24.8. The predicted molar refractivity (Wildman–Crippen MR) is 131 cm³/mol. The van der Waals surface area contributed by atoms with Crippen LogP contribution in [0, 0.1) is 5.92 Å². The second kappa shape index (κ2) is 11.7. The van der Waals surface area contributed by atoms with E-state index in [0.29, 0.717) is 42.8 Å². The van der Waals surface area contributed by atoms with Crippen LogP contribution in [0.1, 0.15) is 50.5 Å². The summed E-state index contributed by atoms with van der Waals surface area (Å²) in [5.74, 6) is 1.42. The number of piperidine rings is 2. The average molecular weight is 487 g/mol. The van der Waals surface area contributed by atoms with Gasteiger partial charge >= 0.3 is 6.03 Å². The Morgan fingerprint density at radius 3 is 2.69 bits per heavy atom. The van der Waals surface area contributed by atoms with Crippen molar-refractivity contribution >= 4 is 17.8 Å². The molecule has 0 radical (unpaired) electrons. The van der Waals surface area contributed by atoms with Crippen molar-refractivity contribution in [2.24, 2.45) is 5.92 Å². The number of imide groups is 1. The molecule has 3 aliphatic heterocycles. The van der Waals surface area contributed by atoms with Gasteiger partial charge in [0.15, 0.2) is 11.5 Å². The first kappa shape index (κ1) is 25.3. The van der Waals surface area contributed by atoms with Crippen molar-refractivity contribution in [1.82, 2.24) is 20.4 Å². The van der Waals surface area contributed by atoms with Crippen LogP contribution in [0.15, 0.2) is 18.2 Å². The normalized spacial score (nSPS) is 24.6. The van der Waals surface area contributed by atoms with Gasteiger partial charge in [0.25, 0.3) is 5.91 Å². The molecule has 4 rings (SSSR count). The molecule has 3 atom stereocenters. The number of fused-ring (bicyclic) bond motifs is 1. The van der Waals surface area contributed by atoms with Gasteiger partial charge < -0.3 is 25.0 Å². The maximum Gasteiger partial charge on any atom is 0.324 e. The molecule has 0 saturated carbocycles. The largest absolute Gasteiger partial charge is 0.493 e. The lowest BCUT2D eigenvalue weighted by Gasteiger charge is -2.44. The molecule has 192 valence electrons. The third-order valence-electron chi connectivity index (χ3n) is 7.63. The topological polar surface area (TPSA) is 100 Å². The zero-order valence-corrected chi connectivity index (χ0v) is 20.9. The molecule has 3 saturated heterocycles. The standard InChI is InChI=1S/C26H38N4O5/c1-34-22-10-8-18(16-23(22)35-2)12-15-30-25(32)20(28-26(30)33)9-11-24(31)27-17-19-6-5-14-29-13-4-3-7-21(19)29/h8,10,16,19-21H,3-7,9,11-15,17H2,1-2H3,(H,27,31)(H,28,33)/t19-,20-,21-/m1/s1. The molecule has 4 amide bonds. The van der Waals surface area contributed by atoms with E-state index < -0.39 is 12.1 Å². The third kappa shape index (κ3) is 6.07. The van der Waals surface area contributed by atoms with Crippen LogP contribution < -0.4 is 20.1 Å². The predicted octanol–water partition coefficient (Wildman–Crippen LogP) is 2.33. The minimum Gasteiger partial charge on any atom is -0.493 e. The van der Waals surface area contributed by atoms with E-state index in [2.05, 4.69) is 15.5 Å². The van der Waals surface area contributed by atoms with Gasteiger partial charge in [0.05, 0.1) is 14.2 Å². The fourth-order valence-electron chi connectivity index (χ4n) is 5.69. The van der Waals surface area contributed by atoms with E-state index in [1.807, 2.05) is 12.1 Å². The van der Waals surface area contributed by atoms with Crippen molar-refractivity contribution in [1.29, 1.82) is 0 Å². The molecule has 1 aromatic carbocycles. The van der Waals surface area contributed by atoms with Gasteiger partial charge in [-0.15, -0.1) is 0 Å². The molecule has 2 N–H and O–H groups in total. The van der Waals surface area contributed by atoms with Crippen molar-refractivity contribution < 1.29 is 23.9 Å². The van der Waals surface area contributed by atoms with Crippen LogP contribution in [0.25, 0.3) is 0 Å². The van der Waals surface area contributed by atoms with Gasteiger partial charge in [-0.2, -0.15) is 0 Å². The highest BCUT2D eigenvalue weighted by molar-refractivity contribution is 6.04. The average Bonchev–Trinajstić information content (AvgIpc) is 3.16. The lowest BCUT2D eigenvalue weighted by atomic mass is 9.83. The molecule has 0 unspecified atom stereocenters. The lowest BCUT2D eigenvalue weighted by molar-refractivity contribution is -0.127. The SMILES string of the molecule is COc1ccc(CCN2C(=O)N[C@H](CCC(=O)NC[C@H]3CCCN4CCCC[C@H]34)C2=O)cc1OC. The fraction of sp³-hybridized carbons (Fsp3) is 0.654. The number of benzene rings is 1. The first-order valence-electron chi connectivity index (χ1n) is 12.8. The number of hydrogen-bond acceptors (Lipinski definition) is 6. The van der Waals surface area contributed by atoms with Crippen LogP contribution in [-0.2, 0) is 16.0 Å². The molecule has 35 heavy (non-hydrogen) atoms.